The van der Waals surface area contributed by atoms with Crippen molar-refractivity contribution in [3.8, 4) is 22.0 Å². The van der Waals surface area contributed by atoms with Crippen LogP contribution in [0.15, 0.2) is 79.0 Å². The van der Waals surface area contributed by atoms with Gasteiger partial charge in [-0.05, 0) is 24.3 Å². The maximum atomic E-state index is 13.5. The van der Waals surface area contributed by atoms with Crippen molar-refractivity contribution in [2.24, 2.45) is 0 Å². The van der Waals surface area contributed by atoms with Gasteiger partial charge in [0, 0.05) is 36.5 Å². The van der Waals surface area contributed by atoms with E-state index in [-0.39, 0.29) is 24.1 Å². The summed E-state index contributed by atoms with van der Waals surface area (Å²) in [6.07, 6.45) is 1.74. The van der Waals surface area contributed by atoms with Crippen LogP contribution < -0.4 is 15.5 Å². The fourth-order valence-corrected chi connectivity index (χ4v) is 5.06. The minimum atomic E-state index is -0.381. The van der Waals surface area contributed by atoms with Gasteiger partial charge >= 0.3 is 0 Å². The molecule has 0 bridgehead atoms. The first kappa shape index (κ1) is 22.7. The second-order valence-corrected chi connectivity index (χ2v) is 9.40. The van der Waals surface area contributed by atoms with Crippen molar-refractivity contribution >= 4 is 45.0 Å². The number of amides is 2. The molecule has 0 aliphatic carbocycles. The van der Waals surface area contributed by atoms with Crippen molar-refractivity contribution in [1.29, 1.82) is 0 Å². The van der Waals surface area contributed by atoms with Crippen LogP contribution in [0.25, 0.3) is 32.3 Å². The molecule has 37 heavy (non-hydrogen) atoms. The summed E-state index contributed by atoms with van der Waals surface area (Å²) in [4.78, 5) is 46.6. The van der Waals surface area contributed by atoms with E-state index in [2.05, 4.69) is 25.6 Å². The number of rotatable bonds is 5. The summed E-state index contributed by atoms with van der Waals surface area (Å²) < 4.78 is 0. The van der Waals surface area contributed by atoms with E-state index in [9.17, 15) is 9.59 Å². The van der Waals surface area contributed by atoms with E-state index >= 15 is 0 Å². The summed E-state index contributed by atoms with van der Waals surface area (Å²) in [5.74, 6) is 0.476. The molecule has 1 saturated heterocycles. The molecule has 10 heteroatoms. The zero-order valence-electron chi connectivity index (χ0n) is 19.6. The molecule has 2 amide bonds. The molecular weight excluding hydrogens is 486 g/mol. The topological polar surface area (TPSA) is 113 Å². The number of anilines is 2. The molecule has 2 aromatic carbocycles. The smallest absolute Gasteiger partial charge is 0.274 e. The number of aromatic nitrogens is 4. The van der Waals surface area contributed by atoms with Gasteiger partial charge in [-0.15, -0.1) is 0 Å². The van der Waals surface area contributed by atoms with E-state index in [1.807, 2.05) is 71.6 Å². The van der Waals surface area contributed by atoms with Gasteiger partial charge in [0.1, 0.15) is 26.9 Å². The number of para-hydroxylation sites is 1. The predicted molar refractivity (Wildman–Crippen MR) is 143 cm³/mol. The average Bonchev–Trinajstić information content (AvgIpc) is 3.38. The third-order valence-electron chi connectivity index (χ3n) is 5.91. The van der Waals surface area contributed by atoms with Crippen LogP contribution in [0.3, 0.4) is 0 Å². The number of fused-ring (bicyclic) bond motifs is 1. The van der Waals surface area contributed by atoms with Gasteiger partial charge < -0.3 is 15.5 Å². The lowest BCUT2D eigenvalue weighted by Gasteiger charge is -2.28. The fourth-order valence-electron chi connectivity index (χ4n) is 4.11. The molecule has 5 aromatic rings. The maximum Gasteiger partial charge on any atom is 0.274 e. The Bertz CT molecular complexity index is 1590. The van der Waals surface area contributed by atoms with Crippen molar-refractivity contribution in [3.05, 3.63) is 84.7 Å². The first-order valence-electron chi connectivity index (χ1n) is 11.7. The van der Waals surface area contributed by atoms with Gasteiger partial charge in [-0.1, -0.05) is 53.8 Å². The van der Waals surface area contributed by atoms with Gasteiger partial charge in [-0.3, -0.25) is 9.59 Å². The van der Waals surface area contributed by atoms with Gasteiger partial charge in [0.05, 0.1) is 12.2 Å². The highest BCUT2D eigenvalue weighted by Gasteiger charge is 2.22. The molecule has 0 saturated carbocycles. The quantitative estimate of drug-likeness (QED) is 0.370. The van der Waals surface area contributed by atoms with Crippen molar-refractivity contribution in [3.63, 3.8) is 0 Å². The van der Waals surface area contributed by atoms with Crippen molar-refractivity contribution in [2.45, 2.75) is 0 Å². The third kappa shape index (κ3) is 4.74. The van der Waals surface area contributed by atoms with Crippen LogP contribution in [0, 0.1) is 0 Å². The van der Waals surface area contributed by atoms with Gasteiger partial charge in [-0.2, -0.15) is 0 Å². The van der Waals surface area contributed by atoms with E-state index < -0.39 is 0 Å². The lowest BCUT2D eigenvalue weighted by atomic mass is 10.1. The molecule has 0 atom stereocenters. The molecule has 6 rings (SSSR count). The second-order valence-electron chi connectivity index (χ2n) is 8.42. The Morgan fingerprint density at radius 2 is 1.81 bits per heavy atom. The van der Waals surface area contributed by atoms with Gasteiger partial charge in [-0.25, -0.2) is 19.9 Å². The van der Waals surface area contributed by atoms with Gasteiger partial charge in [0.2, 0.25) is 5.91 Å². The highest BCUT2D eigenvalue weighted by molar-refractivity contribution is 7.21. The molecule has 3 aromatic heterocycles. The number of nitrogens with one attached hydrogen (secondary N) is 2. The molecule has 1 aliphatic rings. The van der Waals surface area contributed by atoms with Crippen LogP contribution in [-0.2, 0) is 4.79 Å². The minimum absolute atomic E-state index is 0.0867. The summed E-state index contributed by atoms with van der Waals surface area (Å²) >= 11 is 1.46. The van der Waals surface area contributed by atoms with Crippen LogP contribution in [-0.4, -0.2) is 51.4 Å². The highest BCUT2D eigenvalue weighted by Crippen LogP contribution is 2.34. The van der Waals surface area contributed by atoms with Crippen LogP contribution in [0.2, 0.25) is 0 Å². The number of hydrogen-bond acceptors (Lipinski definition) is 8. The lowest BCUT2D eigenvalue weighted by molar-refractivity contribution is -0.120. The molecule has 182 valence electrons. The van der Waals surface area contributed by atoms with Crippen LogP contribution >= 0.6 is 11.3 Å². The van der Waals surface area contributed by atoms with E-state index in [4.69, 9.17) is 4.98 Å². The van der Waals surface area contributed by atoms with Crippen LogP contribution in [0.1, 0.15) is 10.5 Å². The Kier molecular flexibility index (Phi) is 5.99. The Hall–Kier alpha value is -4.70. The van der Waals surface area contributed by atoms with Gasteiger partial charge in [0.25, 0.3) is 5.91 Å². The Balaban J connectivity index is 1.36. The summed E-state index contributed by atoms with van der Waals surface area (Å²) in [6, 6.07) is 22.4. The first-order valence-corrected chi connectivity index (χ1v) is 12.5. The molecule has 0 radical (unpaired) electrons. The predicted octanol–water partition coefficient (Wildman–Crippen LogP) is 4.00. The number of pyridine rings is 1. The zero-order chi connectivity index (χ0) is 25.2. The maximum absolute atomic E-state index is 13.5. The minimum Gasteiger partial charge on any atom is -0.353 e. The molecule has 9 nitrogen and oxygen atoms in total. The highest BCUT2D eigenvalue weighted by atomic mass is 32.1. The number of carbonyl (C=O) groups excluding carboxylic acids is 2. The molecule has 0 unspecified atom stereocenters. The van der Waals surface area contributed by atoms with E-state index in [1.165, 1.54) is 11.3 Å². The molecule has 1 fully saturated rings. The molecule has 1 aliphatic heterocycles. The standard InChI is InChI=1S/C27H21N7O2S/c35-23-16-34(14-13-28-23)22-15-21(30-24(33-22)17-7-2-1-3-8-17)25(36)31-19-10-5-4-9-18(19)26-32-20-11-6-12-29-27(20)37-26/h1-12,15H,13-14,16H2,(H,28,35)(H,31,36). The third-order valence-corrected chi connectivity index (χ3v) is 6.92. The van der Waals surface area contributed by atoms with E-state index in [0.717, 1.165) is 26.5 Å². The van der Waals surface area contributed by atoms with E-state index in [0.29, 0.717) is 30.4 Å². The monoisotopic (exact) mass is 507 g/mol. The number of benzene rings is 2. The molecule has 4 heterocycles. The number of piperazine rings is 1. The van der Waals surface area contributed by atoms with Crippen molar-refractivity contribution < 1.29 is 9.59 Å². The van der Waals surface area contributed by atoms with E-state index in [1.54, 1.807) is 12.3 Å². The number of nitrogens with zero attached hydrogens (tertiary/aromatic N) is 5. The Morgan fingerprint density at radius 1 is 0.973 bits per heavy atom. The normalized spacial score (nSPS) is 13.4. The lowest BCUT2D eigenvalue weighted by Crippen LogP contribution is -2.48. The average molecular weight is 508 g/mol. The zero-order valence-corrected chi connectivity index (χ0v) is 20.4. The summed E-state index contributed by atoms with van der Waals surface area (Å²) in [7, 11) is 0. The van der Waals surface area contributed by atoms with Crippen LogP contribution in [0.4, 0.5) is 11.5 Å². The fraction of sp³-hybridized carbons (Fsp3) is 0.111. The van der Waals surface area contributed by atoms with Crippen molar-refractivity contribution in [1.82, 2.24) is 25.3 Å². The molecular formula is C27H21N7O2S. The van der Waals surface area contributed by atoms with Crippen LogP contribution in [0.5, 0.6) is 0 Å². The number of carbonyl (C=O) groups is 2. The Morgan fingerprint density at radius 3 is 2.65 bits per heavy atom. The molecule has 0 spiro atoms. The second kappa shape index (κ2) is 9.75. The largest absolute Gasteiger partial charge is 0.353 e. The van der Waals surface area contributed by atoms with Crippen molar-refractivity contribution in [2.75, 3.05) is 29.9 Å². The summed E-state index contributed by atoms with van der Waals surface area (Å²) in [6.45, 7) is 1.27. The van der Waals surface area contributed by atoms with Gasteiger partial charge in [0.15, 0.2) is 5.82 Å². The summed E-state index contributed by atoms with van der Waals surface area (Å²) in [5, 5.41) is 6.58. The SMILES string of the molecule is O=C1CN(c2cc(C(=O)Nc3ccccc3-c3nc4cccnc4s3)nc(-c3ccccc3)n2)CCN1. The molecule has 2 N–H and O–H groups in total. The number of hydrogen-bond donors (Lipinski definition) is 2. The number of thiazole rings is 1. The first-order chi connectivity index (χ1) is 18.1. The summed E-state index contributed by atoms with van der Waals surface area (Å²) in [5.41, 5.74) is 3.20. The Labute approximate surface area is 216 Å².